The van der Waals surface area contributed by atoms with Crippen molar-refractivity contribution in [2.24, 2.45) is 0 Å². The number of aromatic nitrogens is 2. The zero-order chi connectivity index (χ0) is 13.0. The molecule has 1 N–H and O–H groups in total. The Kier molecular flexibility index (Phi) is 4.40. The summed E-state index contributed by atoms with van der Waals surface area (Å²) in [5.74, 6) is 0. The SMILES string of the molecule is CCNC(CC1(OC)CCC1)c1ccnn1CC. The molecule has 1 aromatic rings. The van der Waals surface area contributed by atoms with E-state index in [1.165, 1.54) is 25.0 Å². The molecule has 1 heterocycles. The van der Waals surface area contributed by atoms with Crippen LogP contribution in [0.25, 0.3) is 0 Å². The van der Waals surface area contributed by atoms with Gasteiger partial charge in [0.05, 0.1) is 17.3 Å². The third-order valence-corrected chi connectivity index (χ3v) is 4.13. The highest BCUT2D eigenvalue weighted by molar-refractivity contribution is 5.10. The Morgan fingerprint density at radius 2 is 2.28 bits per heavy atom. The molecule has 0 aliphatic heterocycles. The average molecular weight is 251 g/mol. The van der Waals surface area contributed by atoms with Crippen molar-refractivity contribution in [1.29, 1.82) is 0 Å². The van der Waals surface area contributed by atoms with Crippen LogP contribution in [0.4, 0.5) is 0 Å². The van der Waals surface area contributed by atoms with Crippen LogP contribution in [0, 0.1) is 0 Å². The van der Waals surface area contributed by atoms with E-state index in [1.807, 2.05) is 13.3 Å². The largest absolute Gasteiger partial charge is 0.378 e. The molecule has 2 rings (SSSR count). The Hall–Kier alpha value is -0.870. The van der Waals surface area contributed by atoms with Crippen LogP contribution < -0.4 is 5.32 Å². The standard InChI is InChI=1S/C14H25N3O/c1-4-15-12(11-14(18-3)8-6-9-14)13-7-10-16-17(13)5-2/h7,10,12,15H,4-6,8-9,11H2,1-3H3. The minimum Gasteiger partial charge on any atom is -0.378 e. The van der Waals surface area contributed by atoms with Crippen LogP contribution in [0.3, 0.4) is 0 Å². The average Bonchev–Trinajstić information content (AvgIpc) is 2.80. The summed E-state index contributed by atoms with van der Waals surface area (Å²) in [4.78, 5) is 0. The lowest BCUT2D eigenvalue weighted by atomic mass is 9.75. The van der Waals surface area contributed by atoms with Crippen molar-refractivity contribution in [2.45, 2.75) is 57.7 Å². The predicted molar refractivity (Wildman–Crippen MR) is 72.5 cm³/mol. The van der Waals surface area contributed by atoms with Gasteiger partial charge in [0, 0.05) is 19.9 Å². The number of hydrogen-bond acceptors (Lipinski definition) is 3. The third-order valence-electron chi connectivity index (χ3n) is 4.13. The van der Waals surface area contributed by atoms with Crippen molar-refractivity contribution in [3.63, 3.8) is 0 Å². The second-order valence-electron chi connectivity index (χ2n) is 5.13. The second kappa shape index (κ2) is 5.85. The topological polar surface area (TPSA) is 39.1 Å². The van der Waals surface area contributed by atoms with Crippen LogP contribution in [0.15, 0.2) is 12.3 Å². The van der Waals surface area contributed by atoms with E-state index in [0.29, 0.717) is 6.04 Å². The van der Waals surface area contributed by atoms with E-state index in [0.717, 1.165) is 19.5 Å². The molecule has 4 nitrogen and oxygen atoms in total. The van der Waals surface area contributed by atoms with Gasteiger partial charge in [-0.1, -0.05) is 6.92 Å². The normalized spacial score (nSPS) is 19.5. The van der Waals surface area contributed by atoms with Crippen molar-refractivity contribution in [3.05, 3.63) is 18.0 Å². The molecule has 0 aromatic carbocycles. The zero-order valence-electron chi connectivity index (χ0n) is 11.8. The van der Waals surface area contributed by atoms with E-state index in [4.69, 9.17) is 4.74 Å². The van der Waals surface area contributed by atoms with E-state index in [9.17, 15) is 0 Å². The highest BCUT2D eigenvalue weighted by Crippen LogP contribution is 2.41. The Labute approximate surface area is 110 Å². The molecule has 1 fully saturated rings. The second-order valence-corrected chi connectivity index (χ2v) is 5.13. The summed E-state index contributed by atoms with van der Waals surface area (Å²) in [5.41, 5.74) is 1.37. The molecule has 0 spiro atoms. The smallest absolute Gasteiger partial charge is 0.0697 e. The van der Waals surface area contributed by atoms with Crippen LogP contribution in [-0.2, 0) is 11.3 Å². The Morgan fingerprint density at radius 3 is 2.78 bits per heavy atom. The Bertz CT molecular complexity index is 365. The quantitative estimate of drug-likeness (QED) is 0.809. The molecular weight excluding hydrogens is 226 g/mol. The van der Waals surface area contributed by atoms with Gasteiger partial charge < -0.3 is 10.1 Å². The molecule has 102 valence electrons. The number of hydrogen-bond donors (Lipinski definition) is 1. The van der Waals surface area contributed by atoms with E-state index < -0.39 is 0 Å². The Balaban J connectivity index is 2.12. The molecule has 1 aromatic heterocycles. The van der Waals surface area contributed by atoms with E-state index in [-0.39, 0.29) is 5.60 Å². The highest BCUT2D eigenvalue weighted by Gasteiger charge is 2.39. The minimum atomic E-state index is 0.0929. The van der Waals surface area contributed by atoms with Gasteiger partial charge in [0.15, 0.2) is 0 Å². The van der Waals surface area contributed by atoms with Crippen LogP contribution in [0.2, 0.25) is 0 Å². The van der Waals surface area contributed by atoms with E-state index >= 15 is 0 Å². The molecule has 4 heteroatoms. The van der Waals surface area contributed by atoms with Gasteiger partial charge in [-0.2, -0.15) is 5.10 Å². The summed E-state index contributed by atoms with van der Waals surface area (Å²) in [7, 11) is 1.85. The van der Waals surface area contributed by atoms with Gasteiger partial charge >= 0.3 is 0 Å². The fourth-order valence-electron chi connectivity index (χ4n) is 2.87. The first-order chi connectivity index (χ1) is 8.74. The summed E-state index contributed by atoms with van der Waals surface area (Å²) in [6, 6.07) is 2.47. The van der Waals surface area contributed by atoms with Gasteiger partial charge in [-0.15, -0.1) is 0 Å². The maximum Gasteiger partial charge on any atom is 0.0697 e. The van der Waals surface area contributed by atoms with Gasteiger partial charge in [-0.3, -0.25) is 4.68 Å². The predicted octanol–water partition coefficient (Wildman–Crippen LogP) is 2.51. The molecule has 1 atom stereocenters. The monoisotopic (exact) mass is 251 g/mol. The number of nitrogens with zero attached hydrogens (tertiary/aromatic N) is 2. The number of methoxy groups -OCH3 is 1. The fraction of sp³-hybridized carbons (Fsp3) is 0.786. The van der Waals surface area contributed by atoms with Crippen molar-refractivity contribution in [3.8, 4) is 0 Å². The number of nitrogens with one attached hydrogen (secondary N) is 1. The van der Waals surface area contributed by atoms with Gasteiger partial charge in [-0.25, -0.2) is 0 Å². The molecular formula is C14H25N3O. The summed E-state index contributed by atoms with van der Waals surface area (Å²) in [6.45, 7) is 6.18. The van der Waals surface area contributed by atoms with Crippen LogP contribution in [-0.4, -0.2) is 29.0 Å². The highest BCUT2D eigenvalue weighted by atomic mass is 16.5. The van der Waals surface area contributed by atoms with Gasteiger partial charge in [0.1, 0.15) is 0 Å². The first-order valence-electron chi connectivity index (χ1n) is 7.05. The lowest BCUT2D eigenvalue weighted by molar-refractivity contribution is -0.0841. The number of aryl methyl sites for hydroxylation is 1. The maximum absolute atomic E-state index is 5.75. The molecule has 18 heavy (non-hydrogen) atoms. The van der Waals surface area contributed by atoms with Gasteiger partial charge in [0.25, 0.3) is 0 Å². The fourth-order valence-corrected chi connectivity index (χ4v) is 2.87. The van der Waals surface area contributed by atoms with Crippen LogP contribution in [0.5, 0.6) is 0 Å². The van der Waals surface area contributed by atoms with E-state index in [1.54, 1.807) is 0 Å². The zero-order valence-corrected chi connectivity index (χ0v) is 11.8. The summed E-state index contributed by atoms with van der Waals surface area (Å²) < 4.78 is 7.83. The molecule has 1 aliphatic carbocycles. The van der Waals surface area contributed by atoms with E-state index in [2.05, 4.69) is 35.0 Å². The summed E-state index contributed by atoms with van der Waals surface area (Å²) in [6.07, 6.45) is 6.60. The molecule has 0 bridgehead atoms. The molecule has 1 unspecified atom stereocenters. The lowest BCUT2D eigenvalue weighted by Gasteiger charge is -2.43. The summed E-state index contributed by atoms with van der Waals surface area (Å²) in [5, 5.41) is 7.95. The van der Waals surface area contributed by atoms with Crippen molar-refractivity contribution < 1.29 is 4.74 Å². The van der Waals surface area contributed by atoms with Gasteiger partial charge in [-0.05, 0) is 45.2 Å². The van der Waals surface area contributed by atoms with Crippen molar-refractivity contribution in [1.82, 2.24) is 15.1 Å². The lowest BCUT2D eigenvalue weighted by Crippen LogP contribution is -2.43. The van der Waals surface area contributed by atoms with Crippen LogP contribution >= 0.6 is 0 Å². The van der Waals surface area contributed by atoms with Crippen molar-refractivity contribution in [2.75, 3.05) is 13.7 Å². The molecule has 0 saturated heterocycles. The minimum absolute atomic E-state index is 0.0929. The molecule has 0 amide bonds. The van der Waals surface area contributed by atoms with Crippen molar-refractivity contribution >= 4 is 0 Å². The number of rotatable bonds is 7. The Morgan fingerprint density at radius 1 is 1.50 bits per heavy atom. The molecule has 1 saturated carbocycles. The third kappa shape index (κ3) is 2.59. The first kappa shape index (κ1) is 13.6. The molecule has 1 aliphatic rings. The van der Waals surface area contributed by atoms with Gasteiger partial charge in [0.2, 0.25) is 0 Å². The van der Waals surface area contributed by atoms with Crippen LogP contribution in [0.1, 0.15) is 51.3 Å². The number of ether oxygens (including phenoxy) is 1. The molecule has 0 radical (unpaired) electrons. The first-order valence-corrected chi connectivity index (χ1v) is 7.05. The maximum atomic E-state index is 5.75. The summed E-state index contributed by atoms with van der Waals surface area (Å²) >= 11 is 0.